The predicted octanol–water partition coefficient (Wildman–Crippen LogP) is 32.9. The molecule has 135 heavy (non-hydrogen) atoms. The van der Waals surface area contributed by atoms with Gasteiger partial charge in [0.1, 0.15) is 0 Å². The number of pyridine rings is 4. The molecule has 0 N–H and O–H groups in total. The number of hydrogen-bond donors (Lipinski definition) is 0. The molecule has 0 radical (unpaired) electrons. The maximum atomic E-state index is 5.26. The maximum Gasteiger partial charge on any atom is 0.160 e. The van der Waals surface area contributed by atoms with E-state index in [4.69, 9.17) is 29.9 Å². The molecule has 1 aliphatic rings. The molecule has 10 heterocycles. The average Bonchev–Trinajstić information content (AvgIpc) is 1.07. The van der Waals surface area contributed by atoms with E-state index in [1.165, 1.54) is 126 Å². The van der Waals surface area contributed by atoms with Crippen LogP contribution in [-0.4, -0.2) is 49.8 Å². The van der Waals surface area contributed by atoms with E-state index in [-0.39, 0.29) is 0 Å². The van der Waals surface area contributed by atoms with Gasteiger partial charge in [-0.2, -0.15) is 0 Å². The molecule has 26 aromatic rings. The standard InChI is InChI=1S/C47H29N3S.C43H25N3S.C32H20N4S/c1-2-10-37-34(8-1)26-41(39-12-4-3-11-38(37)39)31-17-19-32(20-18-31)43-28-44(35-23-24-46-42(27-35)40-13-5-6-14-45(40)51-46)50-47(49-43)33-21-15-30(16-22-33)36-9-7-25-48-29-36;1-2-9-31-30(8-1)34-11-5-12-35-32(19-20-36(31)42(34)35)39-24-38(28-18-21-41-37(23-28)33-10-3-4-13-40(33)47-41)45-43(46-39)27-16-14-26(15-17-27)29-7-6-22-44-25-29;1-2-8-30-26(7-1)27-17-23(13-14-31(27)37-30)28-18-29(25-6-4-16-34-20-25)36-32(35-28)22-11-9-21(10-12-22)24-5-3-15-33-19-24/h1-29H;1-25H;1-20H. The van der Waals surface area contributed by atoms with Crippen LogP contribution in [0.1, 0.15) is 0 Å². The minimum Gasteiger partial charge on any atom is -0.264 e. The Hall–Kier alpha value is -17.2. The molecule has 27 rings (SSSR count). The highest BCUT2D eigenvalue weighted by Crippen LogP contribution is 2.51. The summed E-state index contributed by atoms with van der Waals surface area (Å²) in [5.41, 5.74) is 28.7. The smallest absolute Gasteiger partial charge is 0.160 e. The number of benzene rings is 16. The molecular formula is C122H74N10S3. The molecule has 10 nitrogen and oxygen atoms in total. The predicted molar refractivity (Wildman–Crippen MR) is 564 cm³/mol. The molecule has 0 unspecified atom stereocenters. The van der Waals surface area contributed by atoms with Crippen LogP contribution >= 0.6 is 34.0 Å². The first-order valence-corrected chi connectivity index (χ1v) is 47.3. The Bertz CT molecular complexity index is 9060. The molecule has 16 aromatic carbocycles. The lowest BCUT2D eigenvalue weighted by Gasteiger charge is -2.13. The van der Waals surface area contributed by atoms with Crippen molar-refractivity contribution in [1.82, 2.24) is 49.8 Å². The van der Waals surface area contributed by atoms with Crippen molar-refractivity contribution in [2.24, 2.45) is 0 Å². The summed E-state index contributed by atoms with van der Waals surface area (Å²) in [7, 11) is 0. The summed E-state index contributed by atoms with van der Waals surface area (Å²) >= 11 is 5.48. The number of fused-ring (bicyclic) bond motifs is 15. The van der Waals surface area contributed by atoms with E-state index in [9.17, 15) is 0 Å². The molecule has 0 saturated heterocycles. The zero-order chi connectivity index (χ0) is 89.2. The van der Waals surface area contributed by atoms with Gasteiger partial charge in [-0.1, -0.05) is 291 Å². The number of hydrogen-bond acceptors (Lipinski definition) is 13. The van der Waals surface area contributed by atoms with Crippen molar-refractivity contribution in [2.45, 2.75) is 0 Å². The fourth-order valence-corrected chi connectivity index (χ4v) is 22.2. The highest BCUT2D eigenvalue weighted by atomic mass is 32.1. The second-order valence-electron chi connectivity index (χ2n) is 33.7. The van der Waals surface area contributed by atoms with Crippen LogP contribution in [0.15, 0.2) is 450 Å². The van der Waals surface area contributed by atoms with Crippen molar-refractivity contribution < 1.29 is 0 Å². The van der Waals surface area contributed by atoms with Crippen LogP contribution in [0.4, 0.5) is 0 Å². The molecule has 0 spiro atoms. The van der Waals surface area contributed by atoms with Crippen molar-refractivity contribution in [1.29, 1.82) is 0 Å². The Morgan fingerprint density at radius 3 is 0.904 bits per heavy atom. The van der Waals surface area contributed by atoms with Gasteiger partial charge in [0.2, 0.25) is 0 Å². The monoisotopic (exact) mass is 1770 g/mol. The lowest BCUT2D eigenvalue weighted by atomic mass is 9.93. The SMILES string of the molecule is c1cncc(-c2ccc(-c3nc(-c4ccc(-c5cc6ccccc6c6ccccc56)cc4)cc(-c4ccc5sc6ccccc6c5c4)n3)cc2)c1.c1cncc(-c2ccc(-c3nc(-c4ccc5sc6ccccc6c5c4)cc(-c4ccc5c6c(cccc46)-c4ccccc4-5)n3)cc2)c1.c1cncc(-c2ccc(-c3nc(-c4cccnc4)cc(-c4ccc5sc6ccccc6c5c4)n3)cc2)c1. The Morgan fingerprint density at radius 2 is 0.459 bits per heavy atom. The molecule has 10 aromatic heterocycles. The summed E-state index contributed by atoms with van der Waals surface area (Å²) in [6.07, 6.45) is 14.7. The summed E-state index contributed by atoms with van der Waals surface area (Å²) in [5, 5.41) is 15.1. The van der Waals surface area contributed by atoms with Crippen LogP contribution in [0, 0.1) is 0 Å². The highest BCUT2D eigenvalue weighted by Gasteiger charge is 2.25. The summed E-state index contributed by atoms with van der Waals surface area (Å²) in [5.74, 6) is 2.08. The van der Waals surface area contributed by atoms with Crippen LogP contribution in [0.5, 0.6) is 0 Å². The molecule has 0 bridgehead atoms. The van der Waals surface area contributed by atoms with Gasteiger partial charge in [-0.15, -0.1) is 34.0 Å². The van der Waals surface area contributed by atoms with E-state index >= 15 is 0 Å². The van der Waals surface area contributed by atoms with Crippen LogP contribution < -0.4 is 0 Å². The van der Waals surface area contributed by atoms with Crippen molar-refractivity contribution in [2.75, 3.05) is 0 Å². The van der Waals surface area contributed by atoms with Gasteiger partial charge in [0, 0.05) is 160 Å². The molecule has 0 fully saturated rings. The summed E-state index contributed by atoms with van der Waals surface area (Å²) < 4.78 is 7.72. The third kappa shape index (κ3) is 15.1. The number of nitrogens with zero attached hydrogens (tertiary/aromatic N) is 10. The second kappa shape index (κ2) is 34.3. The fraction of sp³-hybridized carbons (Fsp3) is 0. The van der Waals surface area contributed by atoms with E-state index < -0.39 is 0 Å². The average molecular weight is 1780 g/mol. The fourth-order valence-electron chi connectivity index (χ4n) is 19.0. The van der Waals surface area contributed by atoms with E-state index in [1.54, 1.807) is 24.8 Å². The van der Waals surface area contributed by atoms with Gasteiger partial charge in [-0.05, 0) is 208 Å². The van der Waals surface area contributed by atoms with Crippen molar-refractivity contribution in [3.63, 3.8) is 0 Å². The minimum atomic E-state index is 0.685. The van der Waals surface area contributed by atoms with Gasteiger partial charge in [-0.3, -0.25) is 19.9 Å². The van der Waals surface area contributed by atoms with Gasteiger partial charge >= 0.3 is 0 Å². The van der Waals surface area contributed by atoms with Crippen molar-refractivity contribution in [3.8, 4) is 168 Å². The Kier molecular flexibility index (Phi) is 20.3. The van der Waals surface area contributed by atoms with Gasteiger partial charge < -0.3 is 0 Å². The van der Waals surface area contributed by atoms with Crippen LogP contribution in [-0.2, 0) is 0 Å². The Labute approximate surface area is 789 Å². The van der Waals surface area contributed by atoms with E-state index in [0.29, 0.717) is 17.5 Å². The third-order valence-corrected chi connectivity index (χ3v) is 29.1. The van der Waals surface area contributed by atoms with Crippen LogP contribution in [0.2, 0.25) is 0 Å². The zero-order valence-electron chi connectivity index (χ0n) is 72.4. The topological polar surface area (TPSA) is 129 Å². The third-order valence-electron chi connectivity index (χ3n) is 25.7. The number of aromatic nitrogens is 10. The van der Waals surface area contributed by atoms with E-state index in [0.717, 1.165) is 118 Å². The Balaban J connectivity index is 0.000000109. The molecule has 0 aliphatic heterocycles. The van der Waals surface area contributed by atoms with Crippen LogP contribution in [0.3, 0.4) is 0 Å². The largest absolute Gasteiger partial charge is 0.264 e. The van der Waals surface area contributed by atoms with Gasteiger partial charge in [-0.25, -0.2) is 29.9 Å². The lowest BCUT2D eigenvalue weighted by molar-refractivity contribution is 1.18. The lowest BCUT2D eigenvalue weighted by Crippen LogP contribution is -1.96. The van der Waals surface area contributed by atoms with Gasteiger partial charge in [0.15, 0.2) is 17.5 Å². The molecular weight excluding hydrogens is 1700 g/mol. The molecule has 1 aliphatic carbocycles. The number of rotatable bonds is 13. The van der Waals surface area contributed by atoms with Crippen molar-refractivity contribution >= 4 is 127 Å². The Morgan fingerprint density at radius 1 is 0.148 bits per heavy atom. The first-order valence-electron chi connectivity index (χ1n) is 44.9. The van der Waals surface area contributed by atoms with Crippen molar-refractivity contribution in [3.05, 3.63) is 450 Å². The minimum absolute atomic E-state index is 0.685. The van der Waals surface area contributed by atoms with Gasteiger partial charge in [0.05, 0.1) is 34.2 Å². The molecule has 0 atom stereocenters. The van der Waals surface area contributed by atoms with Crippen LogP contribution in [0.25, 0.3) is 261 Å². The summed E-state index contributed by atoms with van der Waals surface area (Å²) in [6.45, 7) is 0. The highest BCUT2D eigenvalue weighted by molar-refractivity contribution is 7.26. The normalized spacial score (nSPS) is 11.6. The summed E-state index contributed by atoms with van der Waals surface area (Å²) in [6, 6.07) is 142. The number of thiophene rings is 3. The maximum absolute atomic E-state index is 5.26. The zero-order valence-corrected chi connectivity index (χ0v) is 74.9. The molecule has 13 heteroatoms. The summed E-state index contributed by atoms with van der Waals surface area (Å²) in [4.78, 5) is 48.0. The quantitative estimate of drug-likeness (QED) is 0.103. The second-order valence-corrected chi connectivity index (χ2v) is 37.0. The first-order chi connectivity index (χ1) is 66.8. The first kappa shape index (κ1) is 79.9. The molecule has 630 valence electrons. The molecule has 0 amide bonds. The van der Waals surface area contributed by atoms with E-state index in [2.05, 4.69) is 390 Å². The van der Waals surface area contributed by atoms with E-state index in [1.807, 2.05) is 89.1 Å². The van der Waals surface area contributed by atoms with Gasteiger partial charge in [0.25, 0.3) is 0 Å². The molecule has 0 saturated carbocycles.